The maximum absolute atomic E-state index is 13.4. The number of benzene rings is 3. The molecular weight excluding hydrogens is 360 g/mol. The summed E-state index contributed by atoms with van der Waals surface area (Å²) < 4.78 is 0. The second kappa shape index (κ2) is 5.80. The van der Waals surface area contributed by atoms with E-state index in [1.165, 1.54) is 0 Å². The molecule has 142 valence electrons. The summed E-state index contributed by atoms with van der Waals surface area (Å²) in [7, 11) is 0. The van der Waals surface area contributed by atoms with Crippen LogP contribution in [0.4, 0.5) is 0 Å². The van der Waals surface area contributed by atoms with Crippen molar-refractivity contribution in [2.75, 3.05) is 0 Å². The zero-order valence-electron chi connectivity index (χ0n) is 15.9. The standard InChI is InChI=1S/C25H20N2O2/c28-22-14-25-21-13-7-6-12-20(21)24(29)27(25)16-18-10-4-5-11-19(18)23(25)26(22)15-17-8-2-1-3-9-17/h1-13,23H,14-16H2/t23-,25+/m0/s1. The van der Waals surface area contributed by atoms with E-state index in [9.17, 15) is 9.59 Å². The van der Waals surface area contributed by atoms with E-state index in [0.29, 0.717) is 19.5 Å². The van der Waals surface area contributed by atoms with Gasteiger partial charge in [0.2, 0.25) is 5.91 Å². The SMILES string of the molecule is O=C1C[C@]23c4ccccc4C(=O)N2Cc2ccccc2[C@@H]3N1Cc1ccccc1. The largest absolute Gasteiger partial charge is 0.328 e. The average molecular weight is 380 g/mol. The molecule has 2 atom stereocenters. The Hall–Kier alpha value is -3.40. The molecule has 0 aromatic heterocycles. The van der Waals surface area contributed by atoms with E-state index < -0.39 is 5.54 Å². The summed E-state index contributed by atoms with van der Waals surface area (Å²) in [6.07, 6.45) is 0.335. The number of rotatable bonds is 2. The first-order valence-electron chi connectivity index (χ1n) is 10.0. The predicted molar refractivity (Wildman–Crippen MR) is 109 cm³/mol. The van der Waals surface area contributed by atoms with Gasteiger partial charge in [-0.3, -0.25) is 9.59 Å². The van der Waals surface area contributed by atoms with Crippen molar-refractivity contribution in [2.24, 2.45) is 0 Å². The number of carbonyl (C=O) groups is 2. The van der Waals surface area contributed by atoms with Crippen molar-refractivity contribution in [3.05, 3.63) is 107 Å². The molecule has 3 aromatic rings. The monoisotopic (exact) mass is 380 g/mol. The molecule has 1 fully saturated rings. The average Bonchev–Trinajstić information content (AvgIpc) is 3.18. The fourth-order valence-electron chi connectivity index (χ4n) is 5.55. The van der Waals surface area contributed by atoms with Crippen molar-refractivity contribution in [1.29, 1.82) is 0 Å². The normalized spacial score (nSPS) is 24.2. The molecule has 0 aliphatic carbocycles. The minimum atomic E-state index is -0.617. The molecule has 4 heteroatoms. The van der Waals surface area contributed by atoms with Crippen molar-refractivity contribution in [3.63, 3.8) is 0 Å². The molecule has 1 spiro atoms. The molecule has 0 saturated carbocycles. The van der Waals surface area contributed by atoms with Crippen LogP contribution in [0.3, 0.4) is 0 Å². The van der Waals surface area contributed by atoms with Crippen LogP contribution in [0.25, 0.3) is 0 Å². The molecule has 2 amide bonds. The maximum Gasteiger partial charge on any atom is 0.255 e. The Morgan fingerprint density at radius 2 is 1.59 bits per heavy atom. The van der Waals surface area contributed by atoms with E-state index >= 15 is 0 Å². The third-order valence-electron chi connectivity index (χ3n) is 6.73. The summed E-state index contributed by atoms with van der Waals surface area (Å²) >= 11 is 0. The second-order valence-electron chi connectivity index (χ2n) is 8.15. The van der Waals surface area contributed by atoms with E-state index in [1.807, 2.05) is 64.4 Å². The fourth-order valence-corrected chi connectivity index (χ4v) is 5.55. The van der Waals surface area contributed by atoms with Gasteiger partial charge in [-0.15, -0.1) is 0 Å². The van der Waals surface area contributed by atoms with Crippen molar-refractivity contribution in [1.82, 2.24) is 9.80 Å². The Kier molecular flexibility index (Phi) is 3.31. The first-order valence-corrected chi connectivity index (χ1v) is 10.0. The van der Waals surface area contributed by atoms with Crippen molar-refractivity contribution in [3.8, 4) is 0 Å². The number of hydrogen-bond acceptors (Lipinski definition) is 2. The van der Waals surface area contributed by atoms with Crippen LogP contribution in [0, 0.1) is 0 Å². The zero-order chi connectivity index (χ0) is 19.6. The van der Waals surface area contributed by atoms with Gasteiger partial charge in [0.05, 0.1) is 12.5 Å². The van der Waals surface area contributed by atoms with Gasteiger partial charge in [-0.25, -0.2) is 0 Å². The lowest BCUT2D eigenvalue weighted by Gasteiger charge is -2.46. The summed E-state index contributed by atoms with van der Waals surface area (Å²) in [5.41, 5.74) is 4.50. The van der Waals surface area contributed by atoms with Gasteiger partial charge >= 0.3 is 0 Å². The molecule has 3 aliphatic heterocycles. The Morgan fingerprint density at radius 1 is 0.862 bits per heavy atom. The Balaban J connectivity index is 1.58. The third kappa shape index (κ3) is 2.09. The molecule has 6 rings (SSSR count). The van der Waals surface area contributed by atoms with Gasteiger partial charge in [0.1, 0.15) is 5.54 Å². The van der Waals surface area contributed by atoms with Crippen molar-refractivity contribution >= 4 is 11.8 Å². The topological polar surface area (TPSA) is 40.6 Å². The van der Waals surface area contributed by atoms with Crippen LogP contribution >= 0.6 is 0 Å². The van der Waals surface area contributed by atoms with Crippen molar-refractivity contribution < 1.29 is 9.59 Å². The van der Waals surface area contributed by atoms with Crippen LogP contribution in [-0.2, 0) is 23.4 Å². The zero-order valence-corrected chi connectivity index (χ0v) is 15.9. The quantitative estimate of drug-likeness (QED) is 0.674. The van der Waals surface area contributed by atoms with Gasteiger partial charge in [0.15, 0.2) is 0 Å². The van der Waals surface area contributed by atoms with Crippen molar-refractivity contribution in [2.45, 2.75) is 31.1 Å². The first kappa shape index (κ1) is 16.5. The van der Waals surface area contributed by atoms with E-state index in [-0.39, 0.29) is 17.9 Å². The lowest BCUT2D eigenvalue weighted by Crippen LogP contribution is -2.50. The number of fused-ring (bicyclic) bond motifs is 3. The summed E-state index contributed by atoms with van der Waals surface area (Å²) in [5.74, 6) is 0.138. The van der Waals surface area contributed by atoms with Crippen LogP contribution in [0.15, 0.2) is 78.9 Å². The highest BCUT2D eigenvalue weighted by atomic mass is 16.2. The highest BCUT2D eigenvalue weighted by Gasteiger charge is 2.64. The fraction of sp³-hybridized carbons (Fsp3) is 0.200. The van der Waals surface area contributed by atoms with Crippen LogP contribution < -0.4 is 0 Å². The molecule has 4 nitrogen and oxygen atoms in total. The Labute approximate surface area is 169 Å². The number of carbonyl (C=O) groups excluding carboxylic acids is 2. The highest BCUT2D eigenvalue weighted by molar-refractivity contribution is 6.02. The van der Waals surface area contributed by atoms with Gasteiger partial charge in [-0.1, -0.05) is 72.8 Å². The maximum atomic E-state index is 13.4. The smallest absolute Gasteiger partial charge is 0.255 e. The Morgan fingerprint density at radius 3 is 2.45 bits per heavy atom. The van der Waals surface area contributed by atoms with Crippen LogP contribution in [0.2, 0.25) is 0 Å². The van der Waals surface area contributed by atoms with E-state index in [1.54, 1.807) is 0 Å². The summed E-state index contributed by atoms with van der Waals surface area (Å²) in [6, 6.07) is 26.0. The third-order valence-corrected chi connectivity index (χ3v) is 6.73. The minimum absolute atomic E-state index is 0.0365. The van der Waals surface area contributed by atoms with Gasteiger partial charge < -0.3 is 9.80 Å². The van der Waals surface area contributed by atoms with Crippen LogP contribution in [0.1, 0.15) is 45.1 Å². The molecule has 3 aliphatic rings. The first-order chi connectivity index (χ1) is 14.2. The van der Waals surface area contributed by atoms with E-state index in [4.69, 9.17) is 0 Å². The lowest BCUT2D eigenvalue weighted by molar-refractivity contribution is -0.129. The molecule has 3 heterocycles. The van der Waals surface area contributed by atoms with Crippen LogP contribution in [0.5, 0.6) is 0 Å². The number of likely N-dealkylation sites (tertiary alicyclic amines) is 1. The summed E-state index contributed by atoms with van der Waals surface area (Å²) in [5, 5.41) is 0. The summed E-state index contributed by atoms with van der Waals surface area (Å²) in [4.78, 5) is 30.7. The van der Waals surface area contributed by atoms with Gasteiger partial charge in [0.25, 0.3) is 5.91 Å². The number of amides is 2. The van der Waals surface area contributed by atoms with E-state index in [2.05, 4.69) is 24.3 Å². The number of hydrogen-bond donors (Lipinski definition) is 0. The van der Waals surface area contributed by atoms with Gasteiger partial charge in [-0.2, -0.15) is 0 Å². The molecule has 0 bridgehead atoms. The van der Waals surface area contributed by atoms with Crippen LogP contribution in [-0.4, -0.2) is 21.6 Å². The highest BCUT2D eigenvalue weighted by Crippen LogP contribution is 2.59. The summed E-state index contributed by atoms with van der Waals surface area (Å²) in [6.45, 7) is 1.09. The molecule has 3 aromatic carbocycles. The molecule has 0 N–H and O–H groups in total. The second-order valence-corrected chi connectivity index (χ2v) is 8.15. The molecule has 0 radical (unpaired) electrons. The molecule has 0 unspecified atom stereocenters. The lowest BCUT2D eigenvalue weighted by atomic mass is 9.75. The molecular formula is C25H20N2O2. The Bertz CT molecular complexity index is 1160. The van der Waals surface area contributed by atoms with E-state index in [0.717, 1.165) is 27.8 Å². The van der Waals surface area contributed by atoms with Gasteiger partial charge in [-0.05, 0) is 28.3 Å². The van der Waals surface area contributed by atoms with Gasteiger partial charge in [0, 0.05) is 18.7 Å². The molecule has 29 heavy (non-hydrogen) atoms. The minimum Gasteiger partial charge on any atom is -0.328 e. The predicted octanol–water partition coefficient (Wildman–Crippen LogP) is 4.03. The number of nitrogens with zero attached hydrogens (tertiary/aromatic N) is 2. The molecule has 1 saturated heterocycles.